The summed E-state index contributed by atoms with van der Waals surface area (Å²) in [6, 6.07) is 14.8. The molecule has 1 amide bonds. The number of primary amides is 1. The topological polar surface area (TPSA) is 63.3 Å². The second-order valence-electron chi connectivity index (χ2n) is 10.6. The zero-order chi connectivity index (χ0) is 21.8. The Hall–Kier alpha value is -2.13. The number of carbonyl (C=O) groups excluding carboxylic acids is 1. The van der Waals surface area contributed by atoms with Crippen LogP contribution in [-0.2, 0) is 19.3 Å². The molecule has 2 aromatic rings. The Bertz CT molecular complexity index is 998. The lowest BCUT2D eigenvalue weighted by Crippen LogP contribution is -2.44. The maximum Gasteiger partial charge on any atom is 0.248 e. The maximum absolute atomic E-state index is 11.6. The Morgan fingerprint density at radius 1 is 1.16 bits per heavy atom. The van der Waals surface area contributed by atoms with Gasteiger partial charge in [-0.2, -0.15) is 0 Å². The summed E-state index contributed by atoms with van der Waals surface area (Å²) in [6.45, 7) is 4.58. The number of rotatable bonds is 4. The van der Waals surface area contributed by atoms with Crippen molar-refractivity contribution in [3.63, 3.8) is 0 Å². The molecule has 0 unspecified atom stereocenters. The van der Waals surface area contributed by atoms with Crippen LogP contribution in [0.25, 0.3) is 0 Å². The molecule has 2 saturated carbocycles. The first kappa shape index (κ1) is 20.8. The molecule has 31 heavy (non-hydrogen) atoms. The van der Waals surface area contributed by atoms with Crippen molar-refractivity contribution in [3.05, 3.63) is 70.3 Å². The van der Waals surface area contributed by atoms with E-state index in [4.69, 9.17) is 5.73 Å². The van der Waals surface area contributed by atoms with Crippen LogP contribution in [0.1, 0.15) is 78.1 Å². The Kier molecular flexibility index (Phi) is 5.21. The summed E-state index contributed by atoms with van der Waals surface area (Å²) < 4.78 is 0. The van der Waals surface area contributed by atoms with Gasteiger partial charge in [-0.3, -0.25) is 4.79 Å². The molecule has 0 aliphatic heterocycles. The molecular formula is C28H35NO2. The number of aliphatic hydroxyl groups excluding tert-OH is 1. The van der Waals surface area contributed by atoms with Crippen molar-refractivity contribution in [1.82, 2.24) is 0 Å². The molecule has 164 valence electrons. The summed E-state index contributed by atoms with van der Waals surface area (Å²) in [5.74, 6) is 1.77. The second-order valence-corrected chi connectivity index (χ2v) is 10.6. The number of aryl methyl sites for hydroxylation is 2. The van der Waals surface area contributed by atoms with Gasteiger partial charge in [0, 0.05) is 5.56 Å². The van der Waals surface area contributed by atoms with Crippen LogP contribution in [0.3, 0.4) is 0 Å². The van der Waals surface area contributed by atoms with Crippen LogP contribution in [0.15, 0.2) is 42.5 Å². The summed E-state index contributed by atoms with van der Waals surface area (Å²) in [5.41, 5.74) is 11.8. The molecule has 0 spiro atoms. The van der Waals surface area contributed by atoms with Gasteiger partial charge in [0.2, 0.25) is 5.91 Å². The molecule has 3 heteroatoms. The summed E-state index contributed by atoms with van der Waals surface area (Å²) >= 11 is 0. The predicted octanol–water partition coefficient (Wildman–Crippen LogP) is 5.03. The predicted molar refractivity (Wildman–Crippen MR) is 124 cm³/mol. The molecule has 3 nitrogen and oxygen atoms in total. The van der Waals surface area contributed by atoms with E-state index in [1.807, 2.05) is 12.1 Å². The highest BCUT2D eigenvalue weighted by Gasteiger charge is 2.57. The van der Waals surface area contributed by atoms with Crippen LogP contribution in [0.5, 0.6) is 0 Å². The molecule has 2 fully saturated rings. The van der Waals surface area contributed by atoms with Crippen molar-refractivity contribution in [1.29, 1.82) is 0 Å². The fourth-order valence-electron chi connectivity index (χ4n) is 7.36. The Labute approximate surface area is 186 Å². The van der Waals surface area contributed by atoms with Crippen LogP contribution in [-0.4, -0.2) is 17.1 Å². The lowest BCUT2D eigenvalue weighted by Gasteiger charge is -2.50. The van der Waals surface area contributed by atoms with Crippen molar-refractivity contribution in [2.24, 2.45) is 28.9 Å². The third-order valence-electron chi connectivity index (χ3n) is 9.03. The van der Waals surface area contributed by atoms with Gasteiger partial charge in [0.05, 0.1) is 6.10 Å². The molecule has 5 rings (SSSR count). The van der Waals surface area contributed by atoms with E-state index < -0.39 is 0 Å². The number of amides is 1. The lowest BCUT2D eigenvalue weighted by molar-refractivity contribution is -0.0325. The van der Waals surface area contributed by atoms with E-state index >= 15 is 0 Å². The average Bonchev–Trinajstić information content (AvgIpc) is 3.03. The number of fused-ring (bicyclic) bond motifs is 5. The highest BCUT2D eigenvalue weighted by molar-refractivity contribution is 5.92. The highest BCUT2D eigenvalue weighted by atomic mass is 16.3. The number of hydrogen-bond acceptors (Lipinski definition) is 2. The summed E-state index contributed by atoms with van der Waals surface area (Å²) in [6.07, 6.45) is 7.46. The number of carbonyl (C=O) groups is 1. The van der Waals surface area contributed by atoms with Gasteiger partial charge in [-0.1, -0.05) is 44.2 Å². The van der Waals surface area contributed by atoms with Gasteiger partial charge in [-0.25, -0.2) is 0 Å². The van der Waals surface area contributed by atoms with Gasteiger partial charge in [0.1, 0.15) is 0 Å². The second kappa shape index (κ2) is 7.78. The monoisotopic (exact) mass is 417 g/mol. The van der Waals surface area contributed by atoms with Crippen molar-refractivity contribution in [2.45, 2.75) is 70.8 Å². The molecular weight excluding hydrogens is 382 g/mol. The van der Waals surface area contributed by atoms with Crippen LogP contribution < -0.4 is 5.73 Å². The van der Waals surface area contributed by atoms with Gasteiger partial charge in [-0.15, -0.1) is 0 Å². The minimum absolute atomic E-state index is 0.00793. The van der Waals surface area contributed by atoms with Crippen molar-refractivity contribution in [2.75, 3.05) is 0 Å². The quantitative estimate of drug-likeness (QED) is 0.732. The Morgan fingerprint density at radius 2 is 2.00 bits per heavy atom. The third kappa shape index (κ3) is 3.42. The number of aliphatic hydroxyl groups is 1. The molecule has 0 aromatic heterocycles. The van der Waals surface area contributed by atoms with E-state index in [9.17, 15) is 9.90 Å². The van der Waals surface area contributed by atoms with Crippen LogP contribution >= 0.6 is 0 Å². The van der Waals surface area contributed by atoms with Gasteiger partial charge in [-0.05, 0) is 108 Å². The third-order valence-corrected chi connectivity index (χ3v) is 9.03. The first-order chi connectivity index (χ1) is 14.9. The molecule has 0 bridgehead atoms. The van der Waals surface area contributed by atoms with Gasteiger partial charge < -0.3 is 10.8 Å². The van der Waals surface area contributed by atoms with E-state index in [1.165, 1.54) is 24.8 Å². The van der Waals surface area contributed by atoms with E-state index in [2.05, 4.69) is 38.1 Å². The van der Waals surface area contributed by atoms with E-state index in [0.29, 0.717) is 23.3 Å². The van der Waals surface area contributed by atoms with Crippen LogP contribution in [0, 0.1) is 23.2 Å². The van der Waals surface area contributed by atoms with Gasteiger partial charge >= 0.3 is 0 Å². The number of nitrogens with two attached hydrogens (primary N) is 1. The zero-order valence-electron chi connectivity index (χ0n) is 18.8. The molecule has 3 aliphatic carbocycles. The minimum atomic E-state index is -0.385. The van der Waals surface area contributed by atoms with Crippen molar-refractivity contribution >= 4 is 5.91 Å². The van der Waals surface area contributed by atoms with Crippen molar-refractivity contribution in [3.8, 4) is 0 Å². The first-order valence-corrected chi connectivity index (χ1v) is 12.1. The fraction of sp³-hybridized carbons (Fsp3) is 0.536. The van der Waals surface area contributed by atoms with E-state index in [-0.39, 0.29) is 23.3 Å². The van der Waals surface area contributed by atoms with E-state index in [1.54, 1.807) is 17.2 Å². The van der Waals surface area contributed by atoms with E-state index in [0.717, 1.165) is 31.2 Å². The minimum Gasteiger partial charge on any atom is -0.392 e. The Morgan fingerprint density at radius 3 is 2.77 bits per heavy atom. The number of benzene rings is 2. The molecule has 6 atom stereocenters. The molecule has 3 aliphatic rings. The molecule has 2 aromatic carbocycles. The highest BCUT2D eigenvalue weighted by Crippen LogP contribution is 2.62. The Balaban J connectivity index is 1.39. The fourth-order valence-corrected chi connectivity index (χ4v) is 7.36. The number of hydrogen-bond donors (Lipinski definition) is 2. The van der Waals surface area contributed by atoms with Crippen molar-refractivity contribution < 1.29 is 9.90 Å². The summed E-state index contributed by atoms with van der Waals surface area (Å²) in [7, 11) is 0. The standard InChI is InChI=1S/C28H35NO2/c1-3-17-7-9-22-19(13-17)8-10-24-23(22)11-12-28(2)25(24)16-21(26(28)30)15-18-5-4-6-20(14-18)27(29)31/h4-7,9,13-14,21,23-26,30H,3,8,10-12,15-16H2,1-2H3,(H2,29,31)/t21-,23+,24+,25-,26-,28-/m0/s1. The lowest BCUT2D eigenvalue weighted by atomic mass is 9.55. The normalized spacial score (nSPS) is 34.0. The van der Waals surface area contributed by atoms with Gasteiger partial charge in [0.25, 0.3) is 0 Å². The largest absolute Gasteiger partial charge is 0.392 e. The SMILES string of the molecule is CCc1ccc2c(c1)CC[C@@H]1[C@@H]2CC[C@]2(C)[C@@H](O)[C@@H](Cc3cccc(C(N)=O)c3)C[C@@H]12. The van der Waals surface area contributed by atoms with Gasteiger partial charge in [0.15, 0.2) is 0 Å². The summed E-state index contributed by atoms with van der Waals surface area (Å²) in [5, 5.41) is 11.4. The summed E-state index contributed by atoms with van der Waals surface area (Å²) in [4.78, 5) is 11.6. The zero-order valence-corrected chi connectivity index (χ0v) is 18.8. The molecule has 0 saturated heterocycles. The molecule has 3 N–H and O–H groups in total. The van der Waals surface area contributed by atoms with Crippen LogP contribution in [0.2, 0.25) is 0 Å². The average molecular weight is 418 g/mol. The maximum atomic E-state index is 11.6. The smallest absolute Gasteiger partial charge is 0.248 e. The molecule has 0 radical (unpaired) electrons. The van der Waals surface area contributed by atoms with Crippen LogP contribution in [0.4, 0.5) is 0 Å². The molecule has 0 heterocycles. The first-order valence-electron chi connectivity index (χ1n) is 12.1.